The molecule has 0 aliphatic carbocycles. The standard InChI is InChI=1S/C23H27N5O4S2/c1-32-20-6-2-4-17(22(25)29)18(20)14-16-7-8-21(33-16)34(30,31)28-12-9-15(10-13-28)27-23-19(24)5-3-11-26-23/h2-8,11,15H,9-10,12-14,24H2,1H3,(H2,25,29)(H,26,27). The Labute approximate surface area is 202 Å². The number of nitrogens with one attached hydrogen (secondary N) is 1. The molecule has 0 bridgehead atoms. The molecule has 1 aliphatic heterocycles. The van der Waals surface area contributed by atoms with Crippen LogP contribution in [0.1, 0.15) is 33.6 Å². The van der Waals surface area contributed by atoms with E-state index in [1.165, 1.54) is 22.8 Å². The van der Waals surface area contributed by atoms with Gasteiger partial charge in [-0.1, -0.05) is 6.07 Å². The maximum Gasteiger partial charge on any atom is 0.252 e. The van der Waals surface area contributed by atoms with E-state index >= 15 is 0 Å². The minimum atomic E-state index is -3.62. The van der Waals surface area contributed by atoms with Gasteiger partial charge in [0.2, 0.25) is 5.91 Å². The van der Waals surface area contributed by atoms with Gasteiger partial charge in [0, 0.05) is 47.8 Å². The number of carbonyl (C=O) groups excluding carboxylic acids is 1. The average molecular weight is 502 g/mol. The van der Waals surface area contributed by atoms with Gasteiger partial charge in [0.25, 0.3) is 10.0 Å². The minimum absolute atomic E-state index is 0.0975. The minimum Gasteiger partial charge on any atom is -0.496 e. The van der Waals surface area contributed by atoms with Crippen molar-refractivity contribution in [2.45, 2.75) is 29.5 Å². The van der Waals surface area contributed by atoms with Crippen LogP contribution < -0.4 is 21.5 Å². The van der Waals surface area contributed by atoms with Crippen LogP contribution >= 0.6 is 11.3 Å². The van der Waals surface area contributed by atoms with Gasteiger partial charge in [0.15, 0.2) is 0 Å². The van der Waals surface area contributed by atoms with Gasteiger partial charge < -0.3 is 21.5 Å². The molecule has 3 heterocycles. The van der Waals surface area contributed by atoms with E-state index < -0.39 is 15.9 Å². The first-order valence-electron chi connectivity index (χ1n) is 10.8. The Morgan fingerprint density at radius 1 is 1.21 bits per heavy atom. The number of pyridine rings is 1. The molecule has 1 fully saturated rings. The summed E-state index contributed by atoms with van der Waals surface area (Å²) in [7, 11) is -2.10. The van der Waals surface area contributed by atoms with Crippen LogP contribution in [-0.4, -0.2) is 49.9 Å². The van der Waals surface area contributed by atoms with E-state index in [2.05, 4.69) is 10.3 Å². The molecule has 9 nitrogen and oxygen atoms in total. The smallest absolute Gasteiger partial charge is 0.252 e. The zero-order chi connectivity index (χ0) is 24.3. The van der Waals surface area contributed by atoms with Crippen molar-refractivity contribution in [3.05, 3.63) is 64.7 Å². The van der Waals surface area contributed by atoms with Crippen molar-refractivity contribution in [1.29, 1.82) is 0 Å². The molecule has 5 N–H and O–H groups in total. The highest BCUT2D eigenvalue weighted by Crippen LogP contribution is 2.32. The fourth-order valence-corrected chi connectivity index (χ4v) is 7.03. The van der Waals surface area contributed by atoms with Crippen LogP contribution in [0.3, 0.4) is 0 Å². The number of rotatable bonds is 8. The highest BCUT2D eigenvalue weighted by molar-refractivity contribution is 7.91. The van der Waals surface area contributed by atoms with Crippen molar-refractivity contribution in [1.82, 2.24) is 9.29 Å². The molecule has 4 rings (SSSR count). The Bertz CT molecular complexity index is 1280. The van der Waals surface area contributed by atoms with Gasteiger partial charge in [-0.3, -0.25) is 4.79 Å². The zero-order valence-electron chi connectivity index (χ0n) is 18.7. The first kappa shape index (κ1) is 24.0. The normalized spacial score (nSPS) is 15.2. The van der Waals surface area contributed by atoms with Crippen LogP contribution in [0.15, 0.2) is 52.9 Å². The van der Waals surface area contributed by atoms with E-state index in [-0.39, 0.29) is 10.3 Å². The molecule has 3 aromatic rings. The quantitative estimate of drug-likeness (QED) is 0.431. The molecule has 0 saturated carbocycles. The maximum absolute atomic E-state index is 13.3. The highest BCUT2D eigenvalue weighted by atomic mass is 32.2. The molecule has 180 valence electrons. The molecule has 11 heteroatoms. The van der Waals surface area contributed by atoms with E-state index in [1.54, 1.807) is 48.7 Å². The van der Waals surface area contributed by atoms with E-state index in [4.69, 9.17) is 16.2 Å². The SMILES string of the molecule is COc1cccc(C(N)=O)c1Cc1ccc(S(=O)(=O)N2CCC(Nc3ncccc3N)CC2)s1. The lowest BCUT2D eigenvalue weighted by Crippen LogP contribution is -2.42. The van der Waals surface area contributed by atoms with Crippen LogP contribution in [0.5, 0.6) is 5.75 Å². The van der Waals surface area contributed by atoms with Crippen molar-refractivity contribution in [2.75, 3.05) is 31.2 Å². The molecule has 0 unspecified atom stereocenters. The third-order valence-corrected chi connectivity index (χ3v) is 9.29. The van der Waals surface area contributed by atoms with Gasteiger partial charge >= 0.3 is 0 Å². The van der Waals surface area contributed by atoms with E-state index in [1.807, 2.05) is 0 Å². The fraction of sp³-hybridized carbons (Fsp3) is 0.304. The molecular formula is C23H27N5O4S2. The first-order chi connectivity index (χ1) is 16.3. The van der Waals surface area contributed by atoms with Crippen molar-refractivity contribution in [2.24, 2.45) is 5.73 Å². The number of aromatic nitrogens is 1. The van der Waals surface area contributed by atoms with E-state index in [0.29, 0.717) is 60.7 Å². The van der Waals surface area contributed by atoms with Gasteiger partial charge in [-0.05, 0) is 49.2 Å². The predicted octanol–water partition coefficient (Wildman–Crippen LogP) is 2.69. The summed E-state index contributed by atoms with van der Waals surface area (Å²) in [5.74, 6) is 0.609. The third kappa shape index (κ3) is 5.01. The predicted molar refractivity (Wildman–Crippen MR) is 133 cm³/mol. The van der Waals surface area contributed by atoms with E-state index in [0.717, 1.165) is 4.88 Å². The van der Waals surface area contributed by atoms with Gasteiger partial charge in [-0.25, -0.2) is 13.4 Å². The number of benzene rings is 1. The van der Waals surface area contributed by atoms with Crippen LogP contribution in [0.4, 0.5) is 11.5 Å². The molecule has 1 saturated heterocycles. The summed E-state index contributed by atoms with van der Waals surface area (Å²) in [6.45, 7) is 0.802. The number of methoxy groups -OCH3 is 1. The highest BCUT2D eigenvalue weighted by Gasteiger charge is 2.31. The van der Waals surface area contributed by atoms with Crippen molar-refractivity contribution >= 4 is 38.8 Å². The molecule has 0 spiro atoms. The number of nitrogens with zero attached hydrogens (tertiary/aromatic N) is 2. The number of anilines is 2. The molecule has 1 amide bonds. The number of amides is 1. The monoisotopic (exact) mass is 501 g/mol. The number of primary amides is 1. The molecule has 0 radical (unpaired) electrons. The molecule has 2 aromatic heterocycles. The lowest BCUT2D eigenvalue weighted by Gasteiger charge is -2.31. The van der Waals surface area contributed by atoms with Crippen molar-refractivity contribution < 1.29 is 17.9 Å². The molecule has 1 aromatic carbocycles. The summed E-state index contributed by atoms with van der Waals surface area (Å²) in [6.07, 6.45) is 3.32. The summed E-state index contributed by atoms with van der Waals surface area (Å²) < 4.78 is 33.7. The van der Waals surface area contributed by atoms with E-state index in [9.17, 15) is 13.2 Å². The Morgan fingerprint density at radius 2 is 1.97 bits per heavy atom. The van der Waals surface area contributed by atoms with Gasteiger partial charge in [0.1, 0.15) is 15.8 Å². The topological polar surface area (TPSA) is 141 Å². The third-order valence-electron chi connectivity index (χ3n) is 5.83. The van der Waals surface area contributed by atoms with Gasteiger partial charge in [-0.15, -0.1) is 11.3 Å². The van der Waals surface area contributed by atoms with Crippen LogP contribution in [0, 0.1) is 0 Å². The van der Waals surface area contributed by atoms with Crippen LogP contribution in [-0.2, 0) is 16.4 Å². The fourth-order valence-electron chi connectivity index (χ4n) is 4.04. The Morgan fingerprint density at radius 3 is 2.65 bits per heavy atom. The second kappa shape index (κ2) is 10.00. The van der Waals surface area contributed by atoms with Crippen molar-refractivity contribution in [3.63, 3.8) is 0 Å². The lowest BCUT2D eigenvalue weighted by atomic mass is 10.0. The van der Waals surface area contributed by atoms with Crippen molar-refractivity contribution in [3.8, 4) is 5.75 Å². The summed E-state index contributed by atoms with van der Waals surface area (Å²) in [6, 6.07) is 12.1. The second-order valence-corrected chi connectivity index (χ2v) is 11.3. The first-order valence-corrected chi connectivity index (χ1v) is 13.1. The number of nitrogens with two attached hydrogens (primary N) is 2. The molecule has 34 heavy (non-hydrogen) atoms. The summed E-state index contributed by atoms with van der Waals surface area (Å²) in [5.41, 5.74) is 13.0. The second-order valence-electron chi connectivity index (χ2n) is 8.01. The number of hydrogen-bond donors (Lipinski definition) is 3. The van der Waals surface area contributed by atoms with Gasteiger partial charge in [-0.2, -0.15) is 4.31 Å². The Hall–Kier alpha value is -3.15. The summed E-state index contributed by atoms with van der Waals surface area (Å²) in [4.78, 5) is 16.9. The van der Waals surface area contributed by atoms with Crippen LogP contribution in [0.2, 0.25) is 0 Å². The number of thiophene rings is 1. The number of nitrogen functional groups attached to an aromatic ring is 1. The number of sulfonamides is 1. The number of ether oxygens (including phenoxy) is 1. The summed E-state index contributed by atoms with van der Waals surface area (Å²) >= 11 is 1.19. The maximum atomic E-state index is 13.3. The number of piperidine rings is 1. The largest absolute Gasteiger partial charge is 0.496 e. The van der Waals surface area contributed by atoms with Crippen LogP contribution in [0.25, 0.3) is 0 Å². The molecule has 0 atom stereocenters. The summed E-state index contributed by atoms with van der Waals surface area (Å²) in [5, 5.41) is 3.31. The lowest BCUT2D eigenvalue weighted by molar-refractivity contribution is 0.0999. The molecular weight excluding hydrogens is 474 g/mol. The Balaban J connectivity index is 1.45. The van der Waals surface area contributed by atoms with Gasteiger partial charge in [0.05, 0.1) is 12.8 Å². The zero-order valence-corrected chi connectivity index (χ0v) is 20.4. The number of hydrogen-bond acceptors (Lipinski definition) is 8. The molecule has 1 aliphatic rings. The Kier molecular flexibility index (Phi) is 7.05. The average Bonchev–Trinajstić information content (AvgIpc) is 3.30. The number of carbonyl (C=O) groups is 1.